The SMILES string of the molecule is CC(=O)C1CC1.CCn1c2ccc([N+](=O)[O-])cc2c2c(C)c(C(CSC(=NC)Sc3ccccc3)=NC)ccc21. The molecule has 1 fully saturated rings. The number of non-ortho nitro benzene ring substituents is 1. The van der Waals surface area contributed by atoms with E-state index in [2.05, 4.69) is 52.7 Å². The fourth-order valence-corrected chi connectivity index (χ4v) is 6.69. The van der Waals surface area contributed by atoms with Gasteiger partial charge in [-0.1, -0.05) is 47.8 Å². The lowest BCUT2D eigenvalue weighted by atomic mass is 9.99. The molecule has 0 N–H and O–H groups in total. The van der Waals surface area contributed by atoms with E-state index in [4.69, 9.17) is 0 Å². The molecule has 1 saturated carbocycles. The maximum atomic E-state index is 11.4. The van der Waals surface area contributed by atoms with Crippen LogP contribution in [0, 0.1) is 23.0 Å². The van der Waals surface area contributed by atoms with E-state index in [1.54, 1.807) is 42.6 Å². The van der Waals surface area contributed by atoms with Crippen LogP contribution in [0.3, 0.4) is 0 Å². The summed E-state index contributed by atoms with van der Waals surface area (Å²) in [6, 6.07) is 19.5. The van der Waals surface area contributed by atoms with Gasteiger partial charge in [0, 0.05) is 76.7 Å². The number of carbonyl (C=O) groups excluding carboxylic acids is 1. The molecule has 40 heavy (non-hydrogen) atoms. The summed E-state index contributed by atoms with van der Waals surface area (Å²) in [4.78, 5) is 31.5. The molecule has 9 heteroatoms. The predicted octanol–water partition coefficient (Wildman–Crippen LogP) is 7.95. The summed E-state index contributed by atoms with van der Waals surface area (Å²) in [5.41, 5.74) is 5.31. The molecule has 4 aromatic rings. The number of Topliss-reactive ketones (excluding diaryl/α,β-unsaturated/α-hetero) is 1. The summed E-state index contributed by atoms with van der Waals surface area (Å²) in [5.74, 6) is 1.52. The van der Waals surface area contributed by atoms with Crippen LogP contribution in [0.15, 0.2) is 75.5 Å². The van der Waals surface area contributed by atoms with Crippen molar-refractivity contribution in [3.63, 3.8) is 0 Å². The van der Waals surface area contributed by atoms with E-state index in [-0.39, 0.29) is 10.6 Å². The molecule has 3 aromatic carbocycles. The molecule has 0 unspecified atom stereocenters. The Morgan fingerprint density at radius 2 is 1.75 bits per heavy atom. The molecule has 0 saturated heterocycles. The lowest BCUT2D eigenvalue weighted by molar-refractivity contribution is -0.384. The van der Waals surface area contributed by atoms with Gasteiger partial charge in [-0.3, -0.25) is 24.9 Å². The maximum Gasteiger partial charge on any atom is 0.270 e. The first-order valence-corrected chi connectivity index (χ1v) is 15.1. The fourth-order valence-electron chi connectivity index (χ4n) is 4.73. The molecule has 1 aliphatic rings. The summed E-state index contributed by atoms with van der Waals surface area (Å²) in [6.45, 7) is 6.63. The lowest BCUT2D eigenvalue weighted by Gasteiger charge is -2.12. The number of carbonyl (C=O) groups is 1. The number of aliphatic imine (C=N–C) groups is 2. The monoisotopic (exact) mass is 574 g/mol. The second kappa shape index (κ2) is 13.3. The Hall–Kier alpha value is -3.43. The second-order valence-corrected chi connectivity index (χ2v) is 11.9. The smallest absolute Gasteiger partial charge is 0.270 e. The second-order valence-electron chi connectivity index (χ2n) is 9.58. The van der Waals surface area contributed by atoms with Gasteiger partial charge >= 0.3 is 0 Å². The van der Waals surface area contributed by atoms with Gasteiger partial charge in [0.05, 0.1) is 10.6 Å². The zero-order valence-electron chi connectivity index (χ0n) is 23.5. The molecule has 0 atom stereocenters. The minimum Gasteiger partial charge on any atom is -0.341 e. The summed E-state index contributed by atoms with van der Waals surface area (Å²) >= 11 is 3.31. The van der Waals surface area contributed by atoms with E-state index in [1.165, 1.54) is 0 Å². The van der Waals surface area contributed by atoms with E-state index in [0.717, 1.165) is 67.3 Å². The molecule has 5 rings (SSSR count). The van der Waals surface area contributed by atoms with Crippen LogP contribution in [0.1, 0.15) is 37.8 Å². The highest BCUT2D eigenvalue weighted by molar-refractivity contribution is 8.39. The van der Waals surface area contributed by atoms with E-state index in [1.807, 2.05) is 38.4 Å². The van der Waals surface area contributed by atoms with Crippen LogP contribution in [0.2, 0.25) is 0 Å². The van der Waals surface area contributed by atoms with E-state index in [0.29, 0.717) is 17.5 Å². The maximum absolute atomic E-state index is 11.4. The number of nitro benzene ring substituents is 1. The van der Waals surface area contributed by atoms with Crippen molar-refractivity contribution >= 4 is 66.9 Å². The predicted molar refractivity (Wildman–Crippen MR) is 170 cm³/mol. The average Bonchev–Trinajstić information content (AvgIpc) is 3.76. The standard InChI is InChI=1S/C26H26N4O2S2.C5H8O/c1-5-29-23-13-11-18(30(31)32)15-21(23)25-17(2)20(12-14-24(25)29)22(27-3)16-33-26(28-4)34-19-9-7-6-8-10-19;1-4(6)5-2-3-5/h6-15H,5,16H2,1-4H3;5H,2-3H2,1H3. The third-order valence-corrected chi connectivity index (χ3v) is 9.31. The number of nitrogens with zero attached hydrogens (tertiary/aromatic N) is 4. The fraction of sp³-hybridized carbons (Fsp3) is 0.323. The zero-order valence-corrected chi connectivity index (χ0v) is 25.1. The quantitative estimate of drug-likeness (QED) is 0.0735. The van der Waals surface area contributed by atoms with Crippen LogP contribution in [0.5, 0.6) is 0 Å². The Morgan fingerprint density at radius 1 is 1.05 bits per heavy atom. The number of hydrogen-bond acceptors (Lipinski definition) is 7. The van der Waals surface area contributed by atoms with Gasteiger partial charge in [-0.05, 0) is 63.4 Å². The van der Waals surface area contributed by atoms with Crippen molar-refractivity contribution in [2.45, 2.75) is 45.1 Å². The molecule has 208 valence electrons. The van der Waals surface area contributed by atoms with E-state index >= 15 is 0 Å². The highest BCUT2D eigenvalue weighted by Gasteiger charge is 2.25. The zero-order chi connectivity index (χ0) is 28.8. The topological polar surface area (TPSA) is 89.9 Å². The molecular formula is C31H34N4O3S2. The summed E-state index contributed by atoms with van der Waals surface area (Å²) < 4.78 is 3.19. The Kier molecular flexibility index (Phi) is 9.81. The first-order valence-electron chi connectivity index (χ1n) is 13.3. The Balaban J connectivity index is 0.000000546. The minimum absolute atomic E-state index is 0.106. The van der Waals surface area contributed by atoms with Gasteiger partial charge in [-0.2, -0.15) is 0 Å². The third kappa shape index (κ3) is 6.64. The van der Waals surface area contributed by atoms with Crippen molar-refractivity contribution in [1.29, 1.82) is 0 Å². The van der Waals surface area contributed by atoms with Crippen molar-refractivity contribution in [3.8, 4) is 0 Å². The molecule has 1 aliphatic carbocycles. The van der Waals surface area contributed by atoms with Crippen molar-refractivity contribution in [3.05, 3.63) is 81.9 Å². The summed E-state index contributed by atoms with van der Waals surface area (Å²) in [7, 11) is 3.62. The van der Waals surface area contributed by atoms with Crippen LogP contribution in [0.4, 0.5) is 5.69 Å². The molecule has 1 heterocycles. The van der Waals surface area contributed by atoms with Gasteiger partial charge in [0.2, 0.25) is 0 Å². The normalized spacial score (nSPS) is 13.8. The van der Waals surface area contributed by atoms with Crippen LogP contribution in [-0.2, 0) is 11.3 Å². The molecule has 0 radical (unpaired) electrons. The van der Waals surface area contributed by atoms with Gasteiger partial charge in [0.15, 0.2) is 0 Å². The minimum atomic E-state index is -0.334. The van der Waals surface area contributed by atoms with Crippen LogP contribution >= 0.6 is 23.5 Å². The van der Waals surface area contributed by atoms with Crippen LogP contribution in [-0.4, -0.2) is 45.2 Å². The Bertz CT molecular complexity index is 1610. The number of aryl methyl sites for hydroxylation is 2. The van der Waals surface area contributed by atoms with Gasteiger partial charge < -0.3 is 4.57 Å². The van der Waals surface area contributed by atoms with E-state index < -0.39 is 0 Å². The number of ketones is 1. The first-order chi connectivity index (χ1) is 19.3. The number of thioether (sulfide) groups is 2. The molecule has 1 aromatic heterocycles. The Morgan fingerprint density at radius 3 is 2.30 bits per heavy atom. The largest absolute Gasteiger partial charge is 0.341 e. The number of aromatic nitrogens is 1. The van der Waals surface area contributed by atoms with Crippen LogP contribution < -0.4 is 0 Å². The third-order valence-electron chi connectivity index (χ3n) is 7.00. The lowest BCUT2D eigenvalue weighted by Crippen LogP contribution is -2.08. The number of benzene rings is 3. The van der Waals surface area contributed by atoms with Crippen molar-refractivity contribution in [1.82, 2.24) is 4.57 Å². The average molecular weight is 575 g/mol. The highest BCUT2D eigenvalue weighted by atomic mass is 32.2. The van der Waals surface area contributed by atoms with Crippen LogP contribution in [0.25, 0.3) is 21.8 Å². The molecular weight excluding hydrogens is 541 g/mol. The molecule has 0 aliphatic heterocycles. The van der Waals surface area contributed by atoms with Gasteiger partial charge in [0.25, 0.3) is 5.69 Å². The van der Waals surface area contributed by atoms with Crippen molar-refractivity contribution < 1.29 is 9.72 Å². The first kappa shape index (κ1) is 29.6. The number of fused-ring (bicyclic) bond motifs is 3. The summed E-state index contributed by atoms with van der Waals surface area (Å²) in [6.07, 6.45) is 2.30. The summed E-state index contributed by atoms with van der Waals surface area (Å²) in [5, 5.41) is 13.4. The van der Waals surface area contributed by atoms with Gasteiger partial charge in [-0.15, -0.1) is 0 Å². The molecule has 7 nitrogen and oxygen atoms in total. The number of rotatable bonds is 7. The number of nitro groups is 1. The van der Waals surface area contributed by atoms with Gasteiger partial charge in [-0.25, -0.2) is 0 Å². The molecule has 0 bridgehead atoms. The number of hydrogen-bond donors (Lipinski definition) is 0. The molecule has 0 amide bonds. The highest BCUT2D eigenvalue weighted by Crippen LogP contribution is 2.36. The Labute approximate surface area is 243 Å². The van der Waals surface area contributed by atoms with E-state index in [9.17, 15) is 14.9 Å². The molecule has 0 spiro atoms. The van der Waals surface area contributed by atoms with Gasteiger partial charge in [0.1, 0.15) is 10.2 Å². The van der Waals surface area contributed by atoms with Crippen molar-refractivity contribution in [2.75, 3.05) is 19.8 Å². The van der Waals surface area contributed by atoms with Crippen molar-refractivity contribution in [2.24, 2.45) is 15.9 Å².